The lowest BCUT2D eigenvalue weighted by Gasteiger charge is -2.33. The summed E-state index contributed by atoms with van der Waals surface area (Å²) < 4.78 is 28.4. The van der Waals surface area contributed by atoms with Crippen LogP contribution in [-0.4, -0.2) is 44.8 Å². The minimum Gasteiger partial charge on any atom is -0.357 e. The van der Waals surface area contributed by atoms with Crippen LogP contribution in [0.1, 0.15) is 24.5 Å². The second-order valence-corrected chi connectivity index (χ2v) is 10.6. The van der Waals surface area contributed by atoms with Crippen LogP contribution in [0, 0.1) is 6.92 Å². The summed E-state index contributed by atoms with van der Waals surface area (Å²) in [6, 6.07) is 21.1. The molecule has 1 N–H and O–H groups in total. The van der Waals surface area contributed by atoms with Crippen LogP contribution in [0.5, 0.6) is 0 Å². The van der Waals surface area contributed by atoms with E-state index >= 15 is 0 Å². The molecule has 0 saturated carbocycles. The summed E-state index contributed by atoms with van der Waals surface area (Å²) in [6.07, 6.45) is 0.361. The molecule has 0 unspecified atom stereocenters. The number of aryl methyl sites for hydroxylation is 1. The minimum atomic E-state index is -4.11. The molecule has 0 aromatic heterocycles. The number of nitrogens with zero attached hydrogens (tertiary/aromatic N) is 2. The summed E-state index contributed by atoms with van der Waals surface area (Å²) in [5, 5.41) is 2.95. The number of carbonyl (C=O) groups is 2. The number of carbonyl (C=O) groups excluding carboxylic acids is 2. The second-order valence-electron chi connectivity index (χ2n) is 8.35. The van der Waals surface area contributed by atoms with Crippen molar-refractivity contribution in [2.75, 3.05) is 17.9 Å². The van der Waals surface area contributed by atoms with Crippen LogP contribution in [0.2, 0.25) is 5.02 Å². The van der Waals surface area contributed by atoms with Crippen LogP contribution < -0.4 is 9.62 Å². The zero-order valence-corrected chi connectivity index (χ0v) is 22.1. The van der Waals surface area contributed by atoms with Gasteiger partial charge >= 0.3 is 0 Å². The van der Waals surface area contributed by atoms with Gasteiger partial charge in [0, 0.05) is 18.6 Å². The zero-order valence-electron chi connectivity index (χ0n) is 20.5. The van der Waals surface area contributed by atoms with E-state index in [1.165, 1.54) is 30.1 Å². The van der Waals surface area contributed by atoms with Crippen LogP contribution in [-0.2, 0) is 26.2 Å². The number of sulfonamides is 1. The number of rotatable bonds is 10. The summed E-state index contributed by atoms with van der Waals surface area (Å²) in [5.74, 6) is -0.830. The Balaban J connectivity index is 2.04. The van der Waals surface area contributed by atoms with Gasteiger partial charge in [-0.2, -0.15) is 0 Å². The Bertz CT molecular complexity index is 1300. The maximum atomic E-state index is 13.8. The first-order valence-corrected chi connectivity index (χ1v) is 13.4. The third-order valence-corrected chi connectivity index (χ3v) is 7.84. The van der Waals surface area contributed by atoms with Crippen LogP contribution >= 0.6 is 11.6 Å². The Labute approximate surface area is 217 Å². The maximum absolute atomic E-state index is 13.8. The van der Waals surface area contributed by atoms with Gasteiger partial charge in [0.1, 0.15) is 12.6 Å². The molecule has 3 rings (SSSR count). The molecule has 0 aliphatic heterocycles. The molecule has 190 valence electrons. The van der Waals surface area contributed by atoms with Crippen LogP contribution in [0.3, 0.4) is 0 Å². The largest absolute Gasteiger partial charge is 0.357 e. The van der Waals surface area contributed by atoms with Crippen molar-refractivity contribution < 1.29 is 18.0 Å². The van der Waals surface area contributed by atoms with Gasteiger partial charge in [0.15, 0.2) is 0 Å². The van der Waals surface area contributed by atoms with Crippen molar-refractivity contribution in [2.45, 2.75) is 37.8 Å². The molecule has 0 fully saturated rings. The van der Waals surface area contributed by atoms with E-state index in [1.54, 1.807) is 36.4 Å². The topological polar surface area (TPSA) is 86.8 Å². The van der Waals surface area contributed by atoms with E-state index in [-0.39, 0.29) is 23.0 Å². The standard InChI is InChI=1S/C27H30ClN3O4S/c1-4-25(27(33)29-3)30(18-21-15-13-20(2)14-16-21)26(32)19-31(23-10-8-9-22(28)17-23)36(34,35)24-11-6-5-7-12-24/h5-17,25H,4,18-19H2,1-3H3,(H,29,33)/t25-/m1/s1. The van der Waals surface area contributed by atoms with Crippen molar-refractivity contribution in [3.8, 4) is 0 Å². The van der Waals surface area contributed by atoms with Gasteiger partial charge in [-0.1, -0.05) is 72.6 Å². The van der Waals surface area contributed by atoms with E-state index in [9.17, 15) is 18.0 Å². The molecule has 1 atom stereocenters. The molecule has 0 aliphatic rings. The fraction of sp³-hybridized carbons (Fsp3) is 0.259. The number of amides is 2. The quantitative estimate of drug-likeness (QED) is 0.423. The van der Waals surface area contributed by atoms with E-state index in [0.29, 0.717) is 11.4 Å². The summed E-state index contributed by atoms with van der Waals surface area (Å²) in [7, 11) is -2.60. The van der Waals surface area contributed by atoms with Gasteiger partial charge in [0.05, 0.1) is 10.6 Å². The fourth-order valence-electron chi connectivity index (χ4n) is 3.86. The average molecular weight is 528 g/mol. The van der Waals surface area contributed by atoms with Crippen LogP contribution in [0.15, 0.2) is 83.8 Å². The van der Waals surface area contributed by atoms with E-state index in [0.717, 1.165) is 15.4 Å². The Kier molecular flexibility index (Phi) is 9.12. The molecule has 9 heteroatoms. The van der Waals surface area contributed by atoms with Crippen molar-refractivity contribution in [3.05, 3.63) is 95.0 Å². The zero-order chi connectivity index (χ0) is 26.3. The monoisotopic (exact) mass is 527 g/mol. The highest BCUT2D eigenvalue weighted by molar-refractivity contribution is 7.92. The number of anilines is 1. The van der Waals surface area contributed by atoms with Crippen molar-refractivity contribution in [1.82, 2.24) is 10.2 Å². The van der Waals surface area contributed by atoms with E-state index in [1.807, 2.05) is 38.1 Å². The average Bonchev–Trinajstić information content (AvgIpc) is 2.88. The van der Waals surface area contributed by atoms with Gasteiger partial charge in [-0.25, -0.2) is 8.42 Å². The maximum Gasteiger partial charge on any atom is 0.264 e. The molecule has 3 aromatic carbocycles. The van der Waals surface area contributed by atoms with Crippen molar-refractivity contribution in [2.24, 2.45) is 0 Å². The van der Waals surface area contributed by atoms with E-state index in [2.05, 4.69) is 5.32 Å². The molecule has 0 bridgehead atoms. The molecule has 7 nitrogen and oxygen atoms in total. The number of hydrogen-bond donors (Lipinski definition) is 1. The number of likely N-dealkylation sites (N-methyl/N-ethyl adjacent to an activating group) is 1. The van der Waals surface area contributed by atoms with Crippen LogP contribution in [0.4, 0.5) is 5.69 Å². The van der Waals surface area contributed by atoms with E-state index < -0.39 is 28.5 Å². The first-order chi connectivity index (χ1) is 17.2. The molecule has 3 aromatic rings. The Morgan fingerprint density at radius 3 is 2.22 bits per heavy atom. The van der Waals surface area contributed by atoms with Gasteiger partial charge in [0.2, 0.25) is 11.8 Å². The number of hydrogen-bond acceptors (Lipinski definition) is 4. The van der Waals surface area contributed by atoms with Gasteiger partial charge < -0.3 is 10.2 Å². The minimum absolute atomic E-state index is 0.0428. The van der Waals surface area contributed by atoms with Crippen LogP contribution in [0.25, 0.3) is 0 Å². The molecule has 36 heavy (non-hydrogen) atoms. The first-order valence-electron chi connectivity index (χ1n) is 11.6. The lowest BCUT2D eigenvalue weighted by Crippen LogP contribution is -2.51. The Morgan fingerprint density at radius 2 is 1.64 bits per heavy atom. The van der Waals surface area contributed by atoms with Gasteiger partial charge in [-0.15, -0.1) is 0 Å². The summed E-state index contributed by atoms with van der Waals surface area (Å²) in [5.41, 5.74) is 2.15. The molecule has 0 saturated heterocycles. The summed E-state index contributed by atoms with van der Waals surface area (Å²) in [4.78, 5) is 28.0. The molecular weight excluding hydrogens is 498 g/mol. The summed E-state index contributed by atoms with van der Waals surface area (Å²) in [6.45, 7) is 3.42. The van der Waals surface area contributed by atoms with Gasteiger partial charge in [-0.3, -0.25) is 13.9 Å². The predicted octanol–water partition coefficient (Wildman–Crippen LogP) is 4.40. The van der Waals surface area contributed by atoms with E-state index in [4.69, 9.17) is 11.6 Å². The van der Waals surface area contributed by atoms with Gasteiger partial charge in [-0.05, 0) is 49.2 Å². The highest BCUT2D eigenvalue weighted by Gasteiger charge is 2.33. The van der Waals surface area contributed by atoms with Crippen molar-refractivity contribution in [3.63, 3.8) is 0 Å². The lowest BCUT2D eigenvalue weighted by atomic mass is 10.1. The second kappa shape index (κ2) is 12.1. The third-order valence-electron chi connectivity index (χ3n) is 5.81. The Hall–Kier alpha value is -3.36. The SMILES string of the molecule is CC[C@H](C(=O)NC)N(Cc1ccc(C)cc1)C(=O)CN(c1cccc(Cl)c1)S(=O)(=O)c1ccccc1. The lowest BCUT2D eigenvalue weighted by molar-refractivity contribution is -0.140. The predicted molar refractivity (Wildman–Crippen MR) is 142 cm³/mol. The number of halogens is 1. The fourth-order valence-corrected chi connectivity index (χ4v) is 5.47. The smallest absolute Gasteiger partial charge is 0.264 e. The highest BCUT2D eigenvalue weighted by atomic mass is 35.5. The molecule has 2 amide bonds. The van der Waals surface area contributed by atoms with Crippen molar-refractivity contribution >= 4 is 39.1 Å². The Morgan fingerprint density at radius 1 is 0.972 bits per heavy atom. The normalized spacial score (nSPS) is 12.0. The van der Waals surface area contributed by atoms with Crippen molar-refractivity contribution in [1.29, 1.82) is 0 Å². The molecule has 0 radical (unpaired) electrons. The first kappa shape index (κ1) is 27.2. The molecule has 0 spiro atoms. The molecule has 0 heterocycles. The molecule has 0 aliphatic carbocycles. The highest BCUT2D eigenvalue weighted by Crippen LogP contribution is 2.27. The third kappa shape index (κ3) is 6.44. The summed E-state index contributed by atoms with van der Waals surface area (Å²) >= 11 is 6.17. The number of nitrogens with one attached hydrogen (secondary N) is 1. The molecular formula is C27H30ClN3O4S. The van der Waals surface area contributed by atoms with Gasteiger partial charge in [0.25, 0.3) is 10.0 Å². The number of benzene rings is 3.